The number of fused-ring (bicyclic) bond motifs is 1. The largest absolute Gasteiger partial charge is 0.448 e. The number of ether oxygens (including phenoxy) is 3. The summed E-state index contributed by atoms with van der Waals surface area (Å²) < 4.78 is 40.7. The standard InChI is InChI=1S/C20H19F2NO4/c21-19(22)25-15-7-4-13(5-8-15)18(24)23-14-6-9-16-17(12-14)27-20(26-16)10-2-1-3-11-20/h4-9,12,19H,1-3,10-11H2,(H,23,24). The molecule has 0 saturated heterocycles. The van der Waals surface area contributed by atoms with Gasteiger partial charge in [0, 0.05) is 30.2 Å². The molecule has 1 amide bonds. The van der Waals surface area contributed by atoms with Crippen molar-refractivity contribution in [2.24, 2.45) is 0 Å². The third-order valence-electron chi connectivity index (χ3n) is 4.75. The zero-order chi connectivity index (χ0) is 18.9. The highest BCUT2D eigenvalue weighted by Gasteiger charge is 2.42. The van der Waals surface area contributed by atoms with Gasteiger partial charge in [-0.05, 0) is 49.2 Å². The minimum absolute atomic E-state index is 0.00223. The average Bonchev–Trinajstić information content (AvgIpc) is 2.99. The second-order valence-electron chi connectivity index (χ2n) is 6.69. The Morgan fingerprint density at radius 3 is 2.41 bits per heavy atom. The van der Waals surface area contributed by atoms with Crippen molar-refractivity contribution in [3.8, 4) is 17.2 Å². The van der Waals surface area contributed by atoms with Gasteiger partial charge in [0.2, 0.25) is 0 Å². The molecule has 1 saturated carbocycles. The Labute approximate surface area is 155 Å². The number of alkyl halides is 2. The first-order chi connectivity index (χ1) is 13.0. The van der Waals surface area contributed by atoms with Crippen molar-refractivity contribution in [3.63, 3.8) is 0 Å². The molecule has 1 spiro atoms. The van der Waals surface area contributed by atoms with Crippen LogP contribution in [0.15, 0.2) is 42.5 Å². The van der Waals surface area contributed by atoms with Gasteiger partial charge in [-0.25, -0.2) is 0 Å². The van der Waals surface area contributed by atoms with Gasteiger partial charge in [0.05, 0.1) is 0 Å². The number of carbonyl (C=O) groups excluding carboxylic acids is 1. The third kappa shape index (κ3) is 3.82. The first kappa shape index (κ1) is 17.6. The molecule has 0 aromatic heterocycles. The van der Waals surface area contributed by atoms with Gasteiger partial charge in [0.25, 0.3) is 11.7 Å². The highest BCUT2D eigenvalue weighted by molar-refractivity contribution is 6.04. The maximum absolute atomic E-state index is 12.4. The molecule has 5 nitrogen and oxygen atoms in total. The van der Waals surface area contributed by atoms with Crippen molar-refractivity contribution in [1.29, 1.82) is 0 Å². The molecule has 142 valence electrons. The topological polar surface area (TPSA) is 56.8 Å². The number of amides is 1. The smallest absolute Gasteiger partial charge is 0.387 e. The predicted octanol–water partition coefficient (Wildman–Crippen LogP) is 4.97. The molecule has 0 unspecified atom stereocenters. The number of rotatable bonds is 4. The molecule has 7 heteroatoms. The highest BCUT2D eigenvalue weighted by atomic mass is 19.3. The van der Waals surface area contributed by atoms with E-state index in [0.717, 1.165) is 25.7 Å². The first-order valence-corrected chi connectivity index (χ1v) is 8.91. The van der Waals surface area contributed by atoms with Crippen LogP contribution < -0.4 is 19.5 Å². The van der Waals surface area contributed by atoms with Crippen LogP contribution in [0, 0.1) is 0 Å². The Morgan fingerprint density at radius 2 is 1.70 bits per heavy atom. The highest BCUT2D eigenvalue weighted by Crippen LogP contribution is 2.46. The van der Waals surface area contributed by atoms with Gasteiger partial charge in [0.15, 0.2) is 11.5 Å². The minimum Gasteiger partial charge on any atom is -0.448 e. The first-order valence-electron chi connectivity index (χ1n) is 8.91. The van der Waals surface area contributed by atoms with Crippen LogP contribution in [0.4, 0.5) is 14.5 Å². The normalized spacial score (nSPS) is 17.1. The SMILES string of the molecule is O=C(Nc1ccc2c(c1)OC1(CCCCC1)O2)c1ccc(OC(F)F)cc1. The van der Waals surface area contributed by atoms with E-state index in [2.05, 4.69) is 10.1 Å². The lowest BCUT2D eigenvalue weighted by molar-refractivity contribution is -0.105. The van der Waals surface area contributed by atoms with E-state index in [0.29, 0.717) is 22.7 Å². The Morgan fingerprint density at radius 1 is 1.00 bits per heavy atom. The number of halogens is 2. The van der Waals surface area contributed by atoms with Gasteiger partial charge in [-0.2, -0.15) is 8.78 Å². The third-order valence-corrected chi connectivity index (χ3v) is 4.75. The zero-order valence-corrected chi connectivity index (χ0v) is 14.5. The second kappa shape index (κ2) is 7.06. The molecule has 27 heavy (non-hydrogen) atoms. The molecule has 2 aromatic rings. The number of nitrogens with one attached hydrogen (secondary N) is 1. The summed E-state index contributed by atoms with van der Waals surface area (Å²) in [6, 6.07) is 10.8. The van der Waals surface area contributed by atoms with Crippen LogP contribution in [0.3, 0.4) is 0 Å². The van der Waals surface area contributed by atoms with E-state index in [-0.39, 0.29) is 11.7 Å². The summed E-state index contributed by atoms with van der Waals surface area (Å²) in [5.41, 5.74) is 0.904. The molecule has 0 atom stereocenters. The van der Waals surface area contributed by atoms with Crippen molar-refractivity contribution in [2.75, 3.05) is 5.32 Å². The average molecular weight is 375 g/mol. The fourth-order valence-corrected chi connectivity index (χ4v) is 3.46. The quantitative estimate of drug-likeness (QED) is 0.820. The molecule has 2 aromatic carbocycles. The Hall–Kier alpha value is -2.83. The molecule has 2 aliphatic rings. The lowest BCUT2D eigenvalue weighted by Gasteiger charge is -2.31. The van der Waals surface area contributed by atoms with E-state index in [1.165, 1.54) is 30.7 Å². The van der Waals surface area contributed by atoms with E-state index in [4.69, 9.17) is 9.47 Å². The summed E-state index contributed by atoms with van der Waals surface area (Å²) in [7, 11) is 0. The molecular weight excluding hydrogens is 356 g/mol. The lowest BCUT2D eigenvalue weighted by Crippen LogP contribution is -2.40. The zero-order valence-electron chi connectivity index (χ0n) is 14.5. The van der Waals surface area contributed by atoms with Gasteiger partial charge in [-0.3, -0.25) is 4.79 Å². The van der Waals surface area contributed by atoms with Crippen molar-refractivity contribution < 1.29 is 27.8 Å². The van der Waals surface area contributed by atoms with Gasteiger partial charge in [-0.1, -0.05) is 6.42 Å². The van der Waals surface area contributed by atoms with Gasteiger partial charge < -0.3 is 19.5 Å². The molecule has 0 bridgehead atoms. The van der Waals surface area contributed by atoms with Crippen molar-refractivity contribution in [3.05, 3.63) is 48.0 Å². The summed E-state index contributed by atoms with van der Waals surface area (Å²) >= 11 is 0. The summed E-state index contributed by atoms with van der Waals surface area (Å²) in [4.78, 5) is 12.4. The second-order valence-corrected chi connectivity index (χ2v) is 6.69. The van der Waals surface area contributed by atoms with Crippen LogP contribution in [0.25, 0.3) is 0 Å². The van der Waals surface area contributed by atoms with Crippen molar-refractivity contribution in [1.82, 2.24) is 0 Å². The molecule has 1 N–H and O–H groups in total. The molecule has 0 radical (unpaired) electrons. The fraction of sp³-hybridized carbons (Fsp3) is 0.350. The van der Waals surface area contributed by atoms with Crippen LogP contribution in [0.2, 0.25) is 0 Å². The summed E-state index contributed by atoms with van der Waals surface area (Å²) in [5.74, 6) is 0.384. The molecule has 1 aliphatic carbocycles. The number of anilines is 1. The van der Waals surface area contributed by atoms with E-state index in [1.807, 2.05) is 0 Å². The molecular formula is C20H19F2NO4. The Kier molecular flexibility index (Phi) is 4.59. The monoisotopic (exact) mass is 375 g/mol. The Balaban J connectivity index is 1.43. The number of carbonyl (C=O) groups is 1. The van der Waals surface area contributed by atoms with Crippen molar-refractivity contribution in [2.45, 2.75) is 44.5 Å². The van der Waals surface area contributed by atoms with Crippen LogP contribution in [0.5, 0.6) is 17.2 Å². The molecule has 4 rings (SSSR count). The van der Waals surface area contributed by atoms with Gasteiger partial charge >= 0.3 is 6.61 Å². The Bertz CT molecular complexity index is 832. The van der Waals surface area contributed by atoms with Gasteiger partial charge in [0.1, 0.15) is 5.75 Å². The minimum atomic E-state index is -2.90. The van der Waals surface area contributed by atoms with Crippen LogP contribution >= 0.6 is 0 Å². The molecule has 1 fully saturated rings. The maximum atomic E-state index is 12.4. The van der Waals surface area contributed by atoms with Crippen LogP contribution in [-0.2, 0) is 0 Å². The number of hydrogen-bond acceptors (Lipinski definition) is 4. The maximum Gasteiger partial charge on any atom is 0.387 e. The number of benzene rings is 2. The van der Waals surface area contributed by atoms with Crippen molar-refractivity contribution >= 4 is 11.6 Å². The van der Waals surface area contributed by atoms with Gasteiger partial charge in [-0.15, -0.1) is 0 Å². The lowest BCUT2D eigenvalue weighted by atomic mass is 9.94. The summed E-state index contributed by atoms with van der Waals surface area (Å²) in [6.45, 7) is -2.90. The van der Waals surface area contributed by atoms with E-state index in [9.17, 15) is 13.6 Å². The van der Waals surface area contributed by atoms with E-state index < -0.39 is 12.4 Å². The van der Waals surface area contributed by atoms with E-state index >= 15 is 0 Å². The summed E-state index contributed by atoms with van der Waals surface area (Å²) in [6.07, 6.45) is 5.05. The van der Waals surface area contributed by atoms with E-state index in [1.54, 1.807) is 18.2 Å². The summed E-state index contributed by atoms with van der Waals surface area (Å²) in [5, 5.41) is 2.78. The molecule has 1 aliphatic heterocycles. The number of hydrogen-bond donors (Lipinski definition) is 1. The predicted molar refractivity (Wildman–Crippen MR) is 94.5 cm³/mol. The fourth-order valence-electron chi connectivity index (χ4n) is 3.46. The van der Waals surface area contributed by atoms with Crippen LogP contribution in [0.1, 0.15) is 42.5 Å². The molecule has 1 heterocycles. The van der Waals surface area contributed by atoms with Crippen LogP contribution in [-0.4, -0.2) is 18.3 Å².